The van der Waals surface area contributed by atoms with E-state index in [1.54, 1.807) is 0 Å². The molecule has 7 heteroatoms. The minimum absolute atomic E-state index is 0. The second-order valence-electron chi connectivity index (χ2n) is 7.37. The zero-order valence-corrected chi connectivity index (χ0v) is 18.5. The van der Waals surface area contributed by atoms with Gasteiger partial charge in [-0.1, -0.05) is 41.9 Å². The van der Waals surface area contributed by atoms with E-state index in [2.05, 4.69) is 21.3 Å². The molecule has 0 saturated carbocycles. The van der Waals surface area contributed by atoms with Crippen molar-refractivity contribution >= 4 is 51.7 Å². The van der Waals surface area contributed by atoms with Gasteiger partial charge in [0.15, 0.2) is 0 Å². The lowest BCUT2D eigenvalue weighted by Gasteiger charge is -2.11. The van der Waals surface area contributed by atoms with Gasteiger partial charge in [-0.25, -0.2) is 4.98 Å². The number of pyridine rings is 1. The third kappa shape index (κ3) is 4.59. The first-order chi connectivity index (χ1) is 14.0. The van der Waals surface area contributed by atoms with Crippen molar-refractivity contribution in [3.63, 3.8) is 0 Å². The number of carbonyl (C=O) groups excluding carboxylic acids is 1. The predicted molar refractivity (Wildman–Crippen MR) is 127 cm³/mol. The molecule has 156 valence electrons. The summed E-state index contributed by atoms with van der Waals surface area (Å²) in [6.07, 6.45) is 0.884. The molecular weight excluding hydrogens is 419 g/mol. The van der Waals surface area contributed by atoms with Gasteiger partial charge in [-0.3, -0.25) is 4.79 Å². The van der Waals surface area contributed by atoms with Gasteiger partial charge in [0.2, 0.25) is 0 Å². The highest BCUT2D eigenvalue weighted by atomic mass is 35.5. The zero-order valence-electron chi connectivity index (χ0n) is 16.9. The highest BCUT2D eigenvalue weighted by Gasteiger charge is 2.17. The van der Waals surface area contributed by atoms with E-state index >= 15 is 0 Å². The van der Waals surface area contributed by atoms with Crippen LogP contribution < -0.4 is 5.32 Å². The number of aromatic amines is 1. The Labute approximate surface area is 186 Å². The molecule has 4 aromatic rings. The number of rotatable bonds is 6. The number of hydrogen-bond acceptors (Lipinski definition) is 3. The molecule has 0 fully saturated rings. The predicted octanol–water partition coefficient (Wildman–Crippen LogP) is 5.14. The Balaban J connectivity index is 0.00000256. The SMILES string of the molecule is CN(C)CCCNC(=O)c1cc2c([nH]c3ccccc32)c(-c2cccc(Cl)c2)n1.Cl. The van der Waals surface area contributed by atoms with Crippen molar-refractivity contribution < 1.29 is 4.79 Å². The third-order valence-corrected chi connectivity index (χ3v) is 5.13. The Kier molecular flexibility index (Phi) is 6.98. The van der Waals surface area contributed by atoms with Gasteiger partial charge in [-0.15, -0.1) is 12.4 Å². The van der Waals surface area contributed by atoms with Crippen molar-refractivity contribution in [2.45, 2.75) is 6.42 Å². The summed E-state index contributed by atoms with van der Waals surface area (Å²) in [6, 6.07) is 17.5. The van der Waals surface area contributed by atoms with E-state index in [-0.39, 0.29) is 18.3 Å². The Hall–Kier alpha value is -2.60. The number of hydrogen-bond donors (Lipinski definition) is 2. The summed E-state index contributed by atoms with van der Waals surface area (Å²) >= 11 is 6.22. The maximum Gasteiger partial charge on any atom is 0.269 e. The van der Waals surface area contributed by atoms with E-state index in [1.165, 1.54) is 0 Å². The molecule has 0 saturated heterocycles. The topological polar surface area (TPSA) is 61.0 Å². The van der Waals surface area contributed by atoms with Crippen molar-refractivity contribution in [3.05, 3.63) is 65.3 Å². The summed E-state index contributed by atoms with van der Waals surface area (Å²) in [6.45, 7) is 1.53. The summed E-state index contributed by atoms with van der Waals surface area (Å²) in [7, 11) is 4.04. The smallest absolute Gasteiger partial charge is 0.269 e. The van der Waals surface area contributed by atoms with Crippen LogP contribution in [0, 0.1) is 0 Å². The minimum atomic E-state index is -0.167. The molecule has 1 amide bonds. The summed E-state index contributed by atoms with van der Waals surface area (Å²) in [5.74, 6) is -0.167. The van der Waals surface area contributed by atoms with E-state index in [0.717, 1.165) is 46.0 Å². The van der Waals surface area contributed by atoms with E-state index in [0.29, 0.717) is 17.3 Å². The number of fused-ring (bicyclic) bond motifs is 3. The van der Waals surface area contributed by atoms with Crippen LogP contribution in [0.2, 0.25) is 5.02 Å². The number of nitrogens with one attached hydrogen (secondary N) is 2. The summed E-state index contributed by atoms with van der Waals surface area (Å²) in [4.78, 5) is 23.1. The van der Waals surface area contributed by atoms with Crippen LogP contribution >= 0.6 is 24.0 Å². The Morgan fingerprint density at radius 1 is 1.10 bits per heavy atom. The Bertz CT molecular complexity index is 1190. The van der Waals surface area contributed by atoms with Crippen LogP contribution in [0.3, 0.4) is 0 Å². The Morgan fingerprint density at radius 3 is 2.67 bits per heavy atom. The molecule has 2 N–H and O–H groups in total. The number of H-pyrrole nitrogens is 1. The molecule has 0 aliphatic rings. The van der Waals surface area contributed by atoms with Crippen LogP contribution in [-0.2, 0) is 0 Å². The van der Waals surface area contributed by atoms with Gasteiger partial charge >= 0.3 is 0 Å². The highest BCUT2D eigenvalue weighted by molar-refractivity contribution is 6.31. The van der Waals surface area contributed by atoms with E-state index in [4.69, 9.17) is 16.6 Å². The van der Waals surface area contributed by atoms with E-state index in [9.17, 15) is 4.79 Å². The molecule has 0 radical (unpaired) electrons. The molecule has 30 heavy (non-hydrogen) atoms. The summed E-state index contributed by atoms with van der Waals surface area (Å²) < 4.78 is 0. The maximum atomic E-state index is 12.8. The van der Waals surface area contributed by atoms with Gasteiger partial charge in [0.05, 0.1) is 11.2 Å². The van der Waals surface area contributed by atoms with Crippen LogP contribution in [0.4, 0.5) is 0 Å². The largest absolute Gasteiger partial charge is 0.353 e. The lowest BCUT2D eigenvalue weighted by molar-refractivity contribution is 0.0947. The molecule has 0 spiro atoms. The second kappa shape index (κ2) is 9.47. The van der Waals surface area contributed by atoms with Crippen LogP contribution in [0.25, 0.3) is 33.1 Å². The van der Waals surface area contributed by atoms with Gasteiger partial charge < -0.3 is 15.2 Å². The van der Waals surface area contributed by atoms with Gasteiger partial charge in [0.1, 0.15) is 5.69 Å². The summed E-state index contributed by atoms with van der Waals surface area (Å²) in [5.41, 5.74) is 3.91. The number of aromatic nitrogens is 2. The maximum absolute atomic E-state index is 12.8. The molecule has 0 bridgehead atoms. The molecule has 0 unspecified atom stereocenters. The van der Waals surface area contributed by atoms with E-state index < -0.39 is 0 Å². The molecule has 4 rings (SSSR count). The number of benzene rings is 2. The second-order valence-corrected chi connectivity index (χ2v) is 7.81. The zero-order chi connectivity index (χ0) is 20.4. The fourth-order valence-corrected chi connectivity index (χ4v) is 3.68. The molecule has 0 aliphatic heterocycles. The normalized spacial score (nSPS) is 11.1. The lowest BCUT2D eigenvalue weighted by atomic mass is 10.1. The standard InChI is InChI=1S/C23H23ClN4O.ClH/c1-28(2)12-6-11-25-23(29)20-14-18-17-9-3-4-10-19(17)26-22(18)21(27-20)15-7-5-8-16(24)13-15;/h3-5,7-10,13-14,26H,6,11-12H2,1-2H3,(H,25,29);1H. The lowest BCUT2D eigenvalue weighted by Crippen LogP contribution is -2.27. The first-order valence-corrected chi connectivity index (χ1v) is 10.0. The average molecular weight is 443 g/mol. The van der Waals surface area contributed by atoms with Crippen LogP contribution in [0.1, 0.15) is 16.9 Å². The van der Waals surface area contributed by atoms with Crippen LogP contribution in [-0.4, -0.2) is 48.0 Å². The minimum Gasteiger partial charge on any atom is -0.353 e. The Morgan fingerprint density at radius 2 is 1.90 bits per heavy atom. The molecule has 2 aromatic carbocycles. The van der Waals surface area contributed by atoms with Crippen molar-refractivity contribution in [2.75, 3.05) is 27.2 Å². The summed E-state index contributed by atoms with van der Waals surface area (Å²) in [5, 5.41) is 5.66. The first kappa shape index (κ1) is 22.1. The third-order valence-electron chi connectivity index (χ3n) is 4.89. The van der Waals surface area contributed by atoms with Gasteiger partial charge in [0.25, 0.3) is 5.91 Å². The average Bonchev–Trinajstić information content (AvgIpc) is 3.09. The number of halogens is 2. The molecular formula is C23H24Cl2N4O. The van der Waals surface area contributed by atoms with Crippen molar-refractivity contribution in [3.8, 4) is 11.3 Å². The van der Waals surface area contributed by atoms with Crippen molar-refractivity contribution in [2.24, 2.45) is 0 Å². The molecule has 5 nitrogen and oxygen atoms in total. The van der Waals surface area contributed by atoms with Crippen molar-refractivity contribution in [1.82, 2.24) is 20.2 Å². The highest BCUT2D eigenvalue weighted by Crippen LogP contribution is 2.33. The van der Waals surface area contributed by atoms with Crippen molar-refractivity contribution in [1.29, 1.82) is 0 Å². The fourth-order valence-electron chi connectivity index (χ4n) is 3.49. The van der Waals surface area contributed by atoms with Crippen LogP contribution in [0.15, 0.2) is 54.6 Å². The monoisotopic (exact) mass is 442 g/mol. The van der Waals surface area contributed by atoms with Gasteiger partial charge in [-0.05, 0) is 51.3 Å². The molecule has 2 heterocycles. The van der Waals surface area contributed by atoms with E-state index in [1.807, 2.05) is 62.6 Å². The van der Waals surface area contributed by atoms with Gasteiger partial charge in [-0.2, -0.15) is 0 Å². The molecule has 0 atom stereocenters. The molecule has 0 aliphatic carbocycles. The fraction of sp³-hybridized carbons (Fsp3) is 0.217. The number of amides is 1. The number of nitrogens with zero attached hydrogens (tertiary/aromatic N) is 2. The quantitative estimate of drug-likeness (QED) is 0.406. The molecule has 2 aromatic heterocycles. The first-order valence-electron chi connectivity index (χ1n) is 9.63. The van der Waals surface area contributed by atoms with Gasteiger partial charge in [0, 0.05) is 33.4 Å². The number of para-hydroxylation sites is 1. The number of carbonyl (C=O) groups is 1. The van der Waals surface area contributed by atoms with Crippen LogP contribution in [0.5, 0.6) is 0 Å².